The molecule has 1 aromatic heterocycles. The van der Waals surface area contributed by atoms with Gasteiger partial charge in [0.2, 0.25) is 0 Å². The molecule has 2 N–H and O–H groups in total. The molecule has 140 valence electrons. The number of hydrogen-bond donors (Lipinski definition) is 2. The summed E-state index contributed by atoms with van der Waals surface area (Å²) in [6.45, 7) is 0.295. The lowest BCUT2D eigenvalue weighted by Gasteiger charge is -2.13. The summed E-state index contributed by atoms with van der Waals surface area (Å²) in [4.78, 5) is 39.9. The lowest BCUT2D eigenvalue weighted by Crippen LogP contribution is -2.24. The molecule has 27 heavy (non-hydrogen) atoms. The van der Waals surface area contributed by atoms with Crippen molar-refractivity contribution in [2.24, 2.45) is 0 Å². The van der Waals surface area contributed by atoms with Gasteiger partial charge >= 0.3 is 11.9 Å². The molecule has 0 saturated heterocycles. The van der Waals surface area contributed by atoms with Gasteiger partial charge in [-0.15, -0.1) is 0 Å². The Morgan fingerprint density at radius 2 is 1.85 bits per heavy atom. The Kier molecular flexibility index (Phi) is 7.07. The van der Waals surface area contributed by atoms with Crippen LogP contribution >= 0.6 is 0 Å². The first-order valence-electron chi connectivity index (χ1n) is 7.96. The highest BCUT2D eigenvalue weighted by Crippen LogP contribution is 2.18. The molecule has 0 aliphatic heterocycles. The van der Waals surface area contributed by atoms with Gasteiger partial charge in [0.05, 0.1) is 31.5 Å². The minimum Gasteiger partial charge on any atom is -0.466 e. The zero-order valence-corrected chi connectivity index (χ0v) is 14.9. The molecule has 0 saturated carbocycles. The van der Waals surface area contributed by atoms with Gasteiger partial charge < -0.3 is 20.1 Å². The second kappa shape index (κ2) is 9.71. The lowest BCUT2D eigenvalue weighted by molar-refractivity contribution is -0.138. The predicted octanol–water partition coefficient (Wildman–Crippen LogP) is 1.65. The fraction of sp³-hybridized carbons (Fsp3) is 0.158. The number of esters is 2. The Bertz CT molecular complexity index is 849. The second-order valence-corrected chi connectivity index (χ2v) is 5.29. The Morgan fingerprint density at radius 3 is 2.52 bits per heavy atom. The molecule has 0 unspecified atom stereocenters. The summed E-state index contributed by atoms with van der Waals surface area (Å²) >= 11 is 0. The molecule has 0 bridgehead atoms. The molecule has 1 heterocycles. The fourth-order valence-corrected chi connectivity index (χ4v) is 2.15. The van der Waals surface area contributed by atoms with Gasteiger partial charge in [0.15, 0.2) is 0 Å². The van der Waals surface area contributed by atoms with Crippen LogP contribution in [0, 0.1) is 0 Å². The third-order valence-corrected chi connectivity index (χ3v) is 3.49. The Morgan fingerprint density at radius 1 is 1.07 bits per heavy atom. The van der Waals surface area contributed by atoms with E-state index < -0.39 is 11.9 Å². The zero-order valence-electron chi connectivity index (χ0n) is 14.9. The molecule has 8 heteroatoms. The fourth-order valence-electron chi connectivity index (χ4n) is 2.15. The monoisotopic (exact) mass is 369 g/mol. The number of benzene rings is 1. The number of hydrogen-bond acceptors (Lipinski definition) is 7. The van der Waals surface area contributed by atoms with E-state index in [1.54, 1.807) is 42.7 Å². The smallest absolute Gasteiger partial charge is 0.354 e. The number of carbonyl (C=O) groups is 3. The van der Waals surface area contributed by atoms with E-state index in [0.717, 1.165) is 11.6 Å². The van der Waals surface area contributed by atoms with E-state index in [1.165, 1.54) is 14.2 Å². The van der Waals surface area contributed by atoms with Crippen LogP contribution in [0.3, 0.4) is 0 Å². The molecular formula is C19H19N3O5. The first-order chi connectivity index (χ1) is 13.0. The number of nitrogens with one attached hydrogen (secondary N) is 2. The van der Waals surface area contributed by atoms with Crippen molar-refractivity contribution in [3.63, 3.8) is 0 Å². The maximum absolute atomic E-state index is 12.5. The summed E-state index contributed by atoms with van der Waals surface area (Å²) in [6.07, 6.45) is 4.25. The molecule has 0 radical (unpaired) electrons. The Labute approximate surface area is 156 Å². The maximum Gasteiger partial charge on any atom is 0.354 e. The number of anilines is 1. The third kappa shape index (κ3) is 5.67. The maximum atomic E-state index is 12.5. The van der Waals surface area contributed by atoms with Crippen molar-refractivity contribution < 1.29 is 23.9 Å². The van der Waals surface area contributed by atoms with Crippen LogP contribution < -0.4 is 10.6 Å². The molecule has 1 amide bonds. The summed E-state index contributed by atoms with van der Waals surface area (Å²) in [5, 5.41) is 5.53. The molecule has 1 aromatic carbocycles. The number of para-hydroxylation sites is 1. The predicted molar refractivity (Wildman–Crippen MR) is 97.6 cm³/mol. The largest absolute Gasteiger partial charge is 0.466 e. The van der Waals surface area contributed by atoms with Crippen molar-refractivity contribution in [1.29, 1.82) is 0 Å². The van der Waals surface area contributed by atoms with Crippen LogP contribution in [0.1, 0.15) is 15.9 Å². The van der Waals surface area contributed by atoms with Gasteiger partial charge in [0, 0.05) is 18.9 Å². The summed E-state index contributed by atoms with van der Waals surface area (Å²) in [5.41, 5.74) is 1.32. The lowest BCUT2D eigenvalue weighted by atomic mass is 10.1. The van der Waals surface area contributed by atoms with Crippen molar-refractivity contribution in [3.8, 4) is 0 Å². The van der Waals surface area contributed by atoms with E-state index in [9.17, 15) is 14.4 Å². The van der Waals surface area contributed by atoms with Crippen molar-refractivity contribution >= 4 is 23.5 Å². The van der Waals surface area contributed by atoms with E-state index in [0.29, 0.717) is 17.8 Å². The number of ether oxygens (including phenoxy) is 2. The molecule has 0 spiro atoms. The summed E-state index contributed by atoms with van der Waals surface area (Å²) < 4.78 is 9.18. The van der Waals surface area contributed by atoms with Gasteiger partial charge in [-0.3, -0.25) is 9.78 Å². The molecule has 2 aromatic rings. The summed E-state index contributed by atoms with van der Waals surface area (Å²) in [7, 11) is 2.37. The van der Waals surface area contributed by atoms with Crippen LogP contribution in [-0.2, 0) is 25.6 Å². The van der Waals surface area contributed by atoms with Gasteiger partial charge in [-0.2, -0.15) is 0 Å². The van der Waals surface area contributed by atoms with Crippen LogP contribution in [0.5, 0.6) is 0 Å². The molecular weight excluding hydrogens is 350 g/mol. The minimum atomic E-state index is -0.772. The molecule has 8 nitrogen and oxygen atoms in total. The van der Waals surface area contributed by atoms with Gasteiger partial charge in [-0.25, -0.2) is 9.59 Å². The highest BCUT2D eigenvalue weighted by molar-refractivity contribution is 6.03. The third-order valence-electron chi connectivity index (χ3n) is 3.49. The van der Waals surface area contributed by atoms with Crippen molar-refractivity contribution in [2.75, 3.05) is 19.5 Å². The van der Waals surface area contributed by atoms with Gasteiger partial charge in [-0.05, 0) is 23.8 Å². The SMILES string of the molecule is COC(=O)/C=C(/Nc1ccccc1C(=O)NCc1cccnc1)C(=O)OC. The van der Waals surface area contributed by atoms with Gasteiger partial charge in [0.1, 0.15) is 5.70 Å². The molecule has 0 aliphatic rings. The minimum absolute atomic E-state index is 0.156. The average molecular weight is 369 g/mol. The second-order valence-electron chi connectivity index (χ2n) is 5.29. The van der Waals surface area contributed by atoms with E-state index >= 15 is 0 Å². The standard InChI is InChI=1S/C19H19N3O5/c1-26-17(23)10-16(19(25)27-2)22-15-8-4-3-7-14(15)18(24)21-12-13-6-5-9-20-11-13/h3-11,22H,12H2,1-2H3,(H,21,24)/b16-10+. The van der Waals surface area contributed by atoms with Crippen LogP contribution in [0.15, 0.2) is 60.6 Å². The van der Waals surface area contributed by atoms with Crippen molar-refractivity contribution in [1.82, 2.24) is 10.3 Å². The first-order valence-corrected chi connectivity index (χ1v) is 7.96. The van der Waals surface area contributed by atoms with Crippen LogP contribution in [0.25, 0.3) is 0 Å². The Balaban J connectivity index is 2.20. The Hall–Kier alpha value is -3.68. The molecule has 0 aliphatic carbocycles. The molecule has 0 fully saturated rings. The molecule has 2 rings (SSSR count). The topological polar surface area (TPSA) is 107 Å². The number of pyridine rings is 1. The highest BCUT2D eigenvalue weighted by Gasteiger charge is 2.17. The van der Waals surface area contributed by atoms with Gasteiger partial charge in [-0.1, -0.05) is 18.2 Å². The van der Waals surface area contributed by atoms with E-state index in [4.69, 9.17) is 0 Å². The van der Waals surface area contributed by atoms with Crippen molar-refractivity contribution in [2.45, 2.75) is 6.54 Å². The van der Waals surface area contributed by atoms with E-state index in [-0.39, 0.29) is 11.6 Å². The molecule has 0 atom stereocenters. The summed E-state index contributed by atoms with van der Waals surface area (Å²) in [5.74, 6) is -1.86. The van der Waals surface area contributed by atoms with Crippen molar-refractivity contribution in [3.05, 3.63) is 71.7 Å². The number of carbonyl (C=O) groups excluding carboxylic acids is 3. The van der Waals surface area contributed by atoms with E-state index in [2.05, 4.69) is 25.1 Å². The van der Waals surface area contributed by atoms with Crippen LogP contribution in [0.4, 0.5) is 5.69 Å². The van der Waals surface area contributed by atoms with Gasteiger partial charge in [0.25, 0.3) is 5.91 Å². The van der Waals surface area contributed by atoms with E-state index in [1.807, 2.05) is 6.07 Å². The summed E-state index contributed by atoms with van der Waals surface area (Å²) in [6, 6.07) is 10.2. The first kappa shape index (κ1) is 19.6. The average Bonchev–Trinajstić information content (AvgIpc) is 2.71. The van der Waals surface area contributed by atoms with Crippen LogP contribution in [-0.4, -0.2) is 37.0 Å². The number of rotatable bonds is 7. The number of nitrogens with zero attached hydrogens (tertiary/aromatic N) is 1. The highest BCUT2D eigenvalue weighted by atomic mass is 16.5. The quantitative estimate of drug-likeness (QED) is 0.564. The number of methoxy groups -OCH3 is 2. The normalized spacial score (nSPS) is 10.7. The number of amides is 1. The number of aromatic nitrogens is 1. The van der Waals surface area contributed by atoms with Crippen LogP contribution in [0.2, 0.25) is 0 Å². The zero-order chi connectivity index (χ0) is 19.6.